The molecule has 0 aromatic carbocycles. The number of guanidine groups is 1. The van der Waals surface area contributed by atoms with E-state index in [4.69, 9.17) is 10.5 Å². The minimum absolute atomic E-state index is 0.0471. The van der Waals surface area contributed by atoms with Crippen molar-refractivity contribution >= 4 is 11.9 Å². The van der Waals surface area contributed by atoms with Gasteiger partial charge in [-0.1, -0.05) is 31.8 Å². The summed E-state index contributed by atoms with van der Waals surface area (Å²) in [5, 5.41) is 28.4. The normalized spacial score (nSPS) is 43.3. The van der Waals surface area contributed by atoms with Gasteiger partial charge >= 0.3 is 0 Å². The van der Waals surface area contributed by atoms with Gasteiger partial charge in [0.05, 0.1) is 31.8 Å². The van der Waals surface area contributed by atoms with E-state index in [1.165, 1.54) is 11.3 Å². The topological polar surface area (TPSA) is 124 Å². The van der Waals surface area contributed by atoms with E-state index in [0.717, 1.165) is 76.6 Å². The Morgan fingerprint density at radius 3 is 2.67 bits per heavy atom. The van der Waals surface area contributed by atoms with Crippen LogP contribution in [0.4, 0.5) is 0 Å². The smallest absolute Gasteiger partial charge is 0.293 e. The van der Waals surface area contributed by atoms with Gasteiger partial charge in [0.1, 0.15) is 5.60 Å². The molecule has 5 aliphatic rings. The summed E-state index contributed by atoms with van der Waals surface area (Å²) < 4.78 is 6.28. The lowest BCUT2D eigenvalue weighted by Crippen LogP contribution is -3.19. The Balaban J connectivity index is 1.60. The predicted molar refractivity (Wildman–Crippen MR) is 136 cm³/mol. The van der Waals surface area contributed by atoms with Gasteiger partial charge in [0, 0.05) is 29.9 Å². The fourth-order valence-corrected chi connectivity index (χ4v) is 9.69. The van der Waals surface area contributed by atoms with Gasteiger partial charge < -0.3 is 30.8 Å². The van der Waals surface area contributed by atoms with Crippen molar-refractivity contribution in [3.63, 3.8) is 0 Å². The van der Waals surface area contributed by atoms with Gasteiger partial charge in [-0.2, -0.15) is 0 Å². The number of aliphatic carboxylic acids is 1. The van der Waals surface area contributed by atoms with Gasteiger partial charge in [-0.05, 0) is 69.9 Å². The molecule has 2 spiro atoms. The van der Waals surface area contributed by atoms with E-state index in [9.17, 15) is 15.0 Å². The number of carboxylic acids is 1. The van der Waals surface area contributed by atoms with Crippen LogP contribution in [0.1, 0.15) is 71.1 Å². The molecule has 2 bridgehead atoms. The summed E-state index contributed by atoms with van der Waals surface area (Å²) in [5.41, 5.74) is 5.45. The summed E-state index contributed by atoms with van der Waals surface area (Å²) in [6.45, 7) is 4.97. The number of carbonyl (C=O) groups is 1. The van der Waals surface area contributed by atoms with Gasteiger partial charge in [0.2, 0.25) is 0 Å². The lowest BCUT2D eigenvalue weighted by Gasteiger charge is -2.60. The Bertz CT molecular complexity index is 931. The van der Waals surface area contributed by atoms with Crippen LogP contribution in [0.3, 0.4) is 0 Å². The summed E-state index contributed by atoms with van der Waals surface area (Å²) >= 11 is 0. The van der Waals surface area contributed by atoms with Crippen molar-refractivity contribution in [3.05, 3.63) is 11.1 Å². The fraction of sp³-hybridized carbons (Fsp3) is 0.857. The molecule has 0 aromatic heterocycles. The molecule has 0 radical (unpaired) electrons. The first-order chi connectivity index (χ1) is 17.2. The van der Waals surface area contributed by atoms with E-state index in [-0.39, 0.29) is 29.6 Å². The number of hydrogen-bond donors (Lipinski definition) is 4. The highest BCUT2D eigenvalue weighted by atomic mass is 16.5. The summed E-state index contributed by atoms with van der Waals surface area (Å²) in [5.74, 6) is 0.436. The number of aliphatic imine (C=N–C) groups is 1. The highest BCUT2D eigenvalue weighted by Crippen LogP contribution is 2.76. The fourth-order valence-electron chi connectivity index (χ4n) is 9.69. The first kappa shape index (κ1) is 26.1. The molecular weight excluding hydrogens is 456 g/mol. The third-order valence-electron chi connectivity index (χ3n) is 11.1. The number of ether oxygens (including phenoxy) is 1. The van der Waals surface area contributed by atoms with Crippen molar-refractivity contribution in [2.24, 2.45) is 39.3 Å². The summed E-state index contributed by atoms with van der Waals surface area (Å²) in [6, 6.07) is 0. The number of quaternary nitrogens is 1. The third-order valence-corrected chi connectivity index (χ3v) is 11.1. The Hall–Kier alpha value is -1.48. The maximum Gasteiger partial charge on any atom is 0.293 e. The summed E-state index contributed by atoms with van der Waals surface area (Å²) in [6.07, 6.45) is 9.85. The molecule has 4 aliphatic carbocycles. The number of carbonyl (C=O) groups excluding carboxylic acids is 1. The number of carboxylic acid groups (broad SMARTS) is 1. The average molecular weight is 503 g/mol. The van der Waals surface area contributed by atoms with E-state index in [1.807, 2.05) is 7.05 Å². The Kier molecular flexibility index (Phi) is 7.03. The quantitative estimate of drug-likeness (QED) is 0.300. The molecule has 8 nitrogen and oxygen atoms in total. The SMILES string of the molecule is CN=C(N)[NH+]1CCC(CNC)C2(C1)C1CCC(C)C23CC(O)(COC2CCCCC2)C(C(=O)[O-])=C3C1. The number of nitrogens with two attached hydrogens (primary N) is 1. The third kappa shape index (κ3) is 3.69. The van der Waals surface area contributed by atoms with Crippen LogP contribution < -0.4 is 21.1 Å². The van der Waals surface area contributed by atoms with Crippen molar-refractivity contribution in [3.8, 4) is 0 Å². The molecule has 202 valence electrons. The number of aliphatic hydroxyl groups is 1. The first-order valence-corrected chi connectivity index (χ1v) is 14.2. The second kappa shape index (κ2) is 9.68. The average Bonchev–Trinajstić information content (AvgIpc) is 3.22. The largest absolute Gasteiger partial charge is 0.545 e. The van der Waals surface area contributed by atoms with E-state index in [2.05, 4.69) is 17.2 Å². The highest BCUT2D eigenvalue weighted by Gasteiger charge is 2.75. The molecule has 7 atom stereocenters. The monoisotopic (exact) mass is 502 g/mol. The molecule has 1 heterocycles. The molecule has 5 N–H and O–H groups in total. The Labute approximate surface area is 215 Å². The Morgan fingerprint density at radius 1 is 1.25 bits per heavy atom. The molecule has 4 fully saturated rings. The van der Waals surface area contributed by atoms with Crippen LogP contribution in [0, 0.1) is 28.6 Å². The second-order valence-electron chi connectivity index (χ2n) is 12.5. The van der Waals surface area contributed by atoms with Gasteiger partial charge in [-0.3, -0.25) is 4.90 Å². The minimum Gasteiger partial charge on any atom is -0.545 e. The van der Waals surface area contributed by atoms with Crippen LogP contribution >= 0.6 is 0 Å². The zero-order valence-corrected chi connectivity index (χ0v) is 22.4. The van der Waals surface area contributed by atoms with Crippen LogP contribution in [-0.4, -0.2) is 69.1 Å². The number of piperidine rings is 1. The van der Waals surface area contributed by atoms with Gasteiger partial charge in [-0.15, -0.1) is 0 Å². The minimum atomic E-state index is -1.51. The van der Waals surface area contributed by atoms with Gasteiger partial charge in [-0.25, -0.2) is 4.99 Å². The highest BCUT2D eigenvalue weighted by molar-refractivity contribution is 5.90. The van der Waals surface area contributed by atoms with E-state index in [1.54, 1.807) is 7.05 Å². The van der Waals surface area contributed by atoms with Crippen LogP contribution in [-0.2, 0) is 9.53 Å². The molecule has 1 saturated heterocycles. The second-order valence-corrected chi connectivity index (χ2v) is 12.5. The van der Waals surface area contributed by atoms with E-state index >= 15 is 0 Å². The molecule has 36 heavy (non-hydrogen) atoms. The molecule has 1 aliphatic heterocycles. The molecule has 3 saturated carbocycles. The lowest BCUT2D eigenvalue weighted by atomic mass is 9.45. The molecular formula is C28H46N4O4. The predicted octanol–water partition coefficient (Wildman–Crippen LogP) is 0.00830. The van der Waals surface area contributed by atoms with E-state index < -0.39 is 17.0 Å². The number of hydrogen-bond acceptors (Lipinski definition) is 6. The maximum atomic E-state index is 12.8. The number of nitrogens with zero attached hydrogens (tertiary/aromatic N) is 1. The number of nitrogens with one attached hydrogen (secondary N) is 2. The zero-order valence-electron chi connectivity index (χ0n) is 22.4. The van der Waals surface area contributed by atoms with Crippen molar-refractivity contribution in [1.82, 2.24) is 5.32 Å². The molecule has 8 heteroatoms. The zero-order chi connectivity index (χ0) is 25.7. The van der Waals surface area contributed by atoms with E-state index in [0.29, 0.717) is 24.2 Å². The van der Waals surface area contributed by atoms with Crippen molar-refractivity contribution < 1.29 is 24.6 Å². The molecule has 0 amide bonds. The number of likely N-dealkylation sites (tertiary alicyclic amines) is 1. The van der Waals surface area contributed by atoms with Crippen LogP contribution in [0.15, 0.2) is 16.1 Å². The summed E-state index contributed by atoms with van der Waals surface area (Å²) in [4.78, 5) is 18.3. The van der Waals surface area contributed by atoms with Crippen molar-refractivity contribution in [2.75, 3.05) is 40.3 Å². The molecule has 5 rings (SSSR count). The molecule has 0 aromatic rings. The van der Waals surface area contributed by atoms with Gasteiger partial charge in [0.25, 0.3) is 5.96 Å². The maximum absolute atomic E-state index is 12.8. The van der Waals surface area contributed by atoms with Gasteiger partial charge in [0.15, 0.2) is 0 Å². The van der Waals surface area contributed by atoms with Crippen LogP contribution in [0.25, 0.3) is 0 Å². The summed E-state index contributed by atoms with van der Waals surface area (Å²) in [7, 11) is 3.76. The van der Waals surface area contributed by atoms with Crippen LogP contribution in [0.5, 0.6) is 0 Å². The standard InChI is InChI=1S/C28H46N4O4/c1-18-9-10-19-13-22-23(24(33)34)26(35,17-36-21-7-5-4-6-8-21)15-27(18,22)28(19)16-32(25(29)31-3)12-11-20(28)14-30-2/h18-21,30,35H,4-17H2,1-3H3,(H2,29,31)(H,33,34). The van der Waals surface area contributed by atoms with Crippen LogP contribution in [0.2, 0.25) is 0 Å². The number of rotatable bonds is 6. The first-order valence-electron chi connectivity index (χ1n) is 14.2. The molecule has 7 unspecified atom stereocenters. The van der Waals surface area contributed by atoms with Crippen molar-refractivity contribution in [2.45, 2.75) is 82.8 Å². The number of allylic oxidation sites excluding steroid dienone is 1. The Morgan fingerprint density at radius 2 is 2.00 bits per heavy atom. The van der Waals surface area contributed by atoms with Crippen molar-refractivity contribution in [1.29, 1.82) is 0 Å². The lowest BCUT2D eigenvalue weighted by molar-refractivity contribution is -0.828.